The molecule has 1 aromatic rings. The maximum absolute atomic E-state index is 10.9. The summed E-state index contributed by atoms with van der Waals surface area (Å²) in [5.41, 5.74) is 0.620. The molecule has 0 aliphatic carbocycles. The molecule has 0 bridgehead atoms. The van der Waals surface area contributed by atoms with Crippen molar-refractivity contribution in [2.24, 2.45) is 4.99 Å². The third-order valence-corrected chi connectivity index (χ3v) is 3.25. The molecule has 0 saturated carbocycles. The Bertz CT molecular complexity index is 461. The Kier molecular flexibility index (Phi) is 6.35. The number of phenolic OH excluding ortho intramolecular Hbond substituents is 1. The molecule has 6 heteroatoms. The van der Waals surface area contributed by atoms with Gasteiger partial charge in [0, 0.05) is 29.2 Å². The molecule has 98 valence electrons. The van der Waals surface area contributed by atoms with Gasteiger partial charge in [0.25, 0.3) is 0 Å². The van der Waals surface area contributed by atoms with Crippen LogP contribution in [0.5, 0.6) is 5.75 Å². The highest BCUT2D eigenvalue weighted by Crippen LogP contribution is 2.30. The molecule has 0 radical (unpaired) electrons. The predicted octanol–water partition coefficient (Wildman–Crippen LogP) is 3.29. The molecular formula is C12H13Br2NO3. The van der Waals surface area contributed by atoms with Gasteiger partial charge in [0.15, 0.2) is 0 Å². The Hall–Kier alpha value is -0.880. The number of rotatable bonds is 5. The van der Waals surface area contributed by atoms with Gasteiger partial charge in [-0.05, 0) is 34.5 Å². The molecule has 0 atom stereocenters. The van der Waals surface area contributed by atoms with E-state index in [0.717, 1.165) is 4.47 Å². The molecule has 0 saturated heterocycles. The number of ether oxygens (including phenoxy) is 1. The number of aliphatic imine (C=N–C) groups is 1. The molecule has 1 rings (SSSR count). The van der Waals surface area contributed by atoms with Crippen molar-refractivity contribution < 1.29 is 14.6 Å². The van der Waals surface area contributed by atoms with Gasteiger partial charge in [-0.1, -0.05) is 15.9 Å². The fourth-order valence-corrected chi connectivity index (χ4v) is 2.52. The van der Waals surface area contributed by atoms with Crippen molar-refractivity contribution in [3.05, 3.63) is 26.6 Å². The van der Waals surface area contributed by atoms with Gasteiger partial charge in [-0.3, -0.25) is 9.79 Å². The molecule has 1 N–H and O–H groups in total. The van der Waals surface area contributed by atoms with Crippen LogP contribution in [-0.4, -0.2) is 30.9 Å². The molecule has 0 spiro atoms. The third-order valence-electron chi connectivity index (χ3n) is 2.18. The van der Waals surface area contributed by atoms with E-state index in [-0.39, 0.29) is 11.7 Å². The average Bonchev–Trinajstić information content (AvgIpc) is 2.34. The average molecular weight is 379 g/mol. The number of esters is 1. The molecule has 0 aromatic heterocycles. The largest absolute Gasteiger partial charge is 0.506 e. The smallest absolute Gasteiger partial charge is 0.305 e. The molecule has 0 aliphatic heterocycles. The Morgan fingerprint density at radius 1 is 1.50 bits per heavy atom. The quantitative estimate of drug-likeness (QED) is 0.485. The summed E-state index contributed by atoms with van der Waals surface area (Å²) in [4.78, 5) is 15.0. The van der Waals surface area contributed by atoms with Crippen LogP contribution in [0.2, 0.25) is 0 Å². The van der Waals surface area contributed by atoms with Gasteiger partial charge in [-0.15, -0.1) is 0 Å². The number of nitrogens with zero attached hydrogens (tertiary/aromatic N) is 1. The summed E-state index contributed by atoms with van der Waals surface area (Å²) in [6, 6.07) is 3.52. The summed E-state index contributed by atoms with van der Waals surface area (Å²) in [7, 11) is 1.36. The standard InChI is InChI=1S/C12H13Br2NO3/c1-18-11(16)3-2-4-15-7-8-5-9(13)6-10(14)12(8)17/h5-7,17H,2-4H2,1H3. The van der Waals surface area contributed by atoms with E-state index in [1.807, 2.05) is 0 Å². The van der Waals surface area contributed by atoms with E-state index in [2.05, 4.69) is 41.6 Å². The van der Waals surface area contributed by atoms with Crippen molar-refractivity contribution in [1.29, 1.82) is 0 Å². The van der Waals surface area contributed by atoms with Crippen LogP contribution in [0.4, 0.5) is 0 Å². The van der Waals surface area contributed by atoms with Gasteiger partial charge in [-0.25, -0.2) is 0 Å². The van der Waals surface area contributed by atoms with Gasteiger partial charge in [0.2, 0.25) is 0 Å². The van der Waals surface area contributed by atoms with E-state index < -0.39 is 0 Å². The van der Waals surface area contributed by atoms with Crippen molar-refractivity contribution in [1.82, 2.24) is 0 Å². The van der Waals surface area contributed by atoms with Crippen LogP contribution in [0.1, 0.15) is 18.4 Å². The number of carbonyl (C=O) groups is 1. The van der Waals surface area contributed by atoms with E-state index in [1.165, 1.54) is 7.11 Å². The van der Waals surface area contributed by atoms with Crippen LogP contribution < -0.4 is 0 Å². The van der Waals surface area contributed by atoms with Gasteiger partial charge in [0.1, 0.15) is 5.75 Å². The highest BCUT2D eigenvalue weighted by molar-refractivity contribution is 9.11. The maximum Gasteiger partial charge on any atom is 0.305 e. The normalized spacial score (nSPS) is 10.8. The number of methoxy groups -OCH3 is 1. The van der Waals surface area contributed by atoms with Gasteiger partial charge < -0.3 is 9.84 Å². The van der Waals surface area contributed by atoms with Crippen molar-refractivity contribution in [3.8, 4) is 5.75 Å². The number of hydrogen-bond acceptors (Lipinski definition) is 4. The van der Waals surface area contributed by atoms with E-state index in [0.29, 0.717) is 29.4 Å². The number of phenols is 1. The van der Waals surface area contributed by atoms with Crippen LogP contribution in [0.25, 0.3) is 0 Å². The Balaban J connectivity index is 2.54. The molecule has 18 heavy (non-hydrogen) atoms. The van der Waals surface area contributed by atoms with Crippen LogP contribution in [-0.2, 0) is 9.53 Å². The number of aromatic hydroxyl groups is 1. The van der Waals surface area contributed by atoms with E-state index in [4.69, 9.17) is 0 Å². The Morgan fingerprint density at radius 2 is 2.22 bits per heavy atom. The zero-order valence-electron chi connectivity index (χ0n) is 9.82. The van der Waals surface area contributed by atoms with Crippen LogP contribution in [0.3, 0.4) is 0 Å². The molecule has 0 unspecified atom stereocenters. The highest BCUT2D eigenvalue weighted by atomic mass is 79.9. The van der Waals surface area contributed by atoms with Crippen molar-refractivity contribution >= 4 is 44.0 Å². The number of carbonyl (C=O) groups excluding carboxylic acids is 1. The Labute approximate surface area is 122 Å². The molecule has 0 heterocycles. The molecule has 0 aliphatic rings. The lowest BCUT2D eigenvalue weighted by atomic mass is 10.2. The molecule has 1 aromatic carbocycles. The monoisotopic (exact) mass is 377 g/mol. The molecule has 4 nitrogen and oxygen atoms in total. The summed E-state index contributed by atoms with van der Waals surface area (Å²) >= 11 is 6.58. The van der Waals surface area contributed by atoms with E-state index >= 15 is 0 Å². The zero-order valence-corrected chi connectivity index (χ0v) is 13.0. The summed E-state index contributed by atoms with van der Waals surface area (Å²) in [6.45, 7) is 0.513. The van der Waals surface area contributed by atoms with Crippen molar-refractivity contribution in [2.45, 2.75) is 12.8 Å². The van der Waals surface area contributed by atoms with Gasteiger partial charge in [-0.2, -0.15) is 0 Å². The van der Waals surface area contributed by atoms with Crippen LogP contribution in [0.15, 0.2) is 26.1 Å². The minimum atomic E-state index is -0.238. The summed E-state index contributed by atoms with van der Waals surface area (Å²) in [6.07, 6.45) is 2.56. The predicted molar refractivity (Wildman–Crippen MR) is 77.2 cm³/mol. The lowest BCUT2D eigenvalue weighted by Crippen LogP contribution is -2.00. The fraction of sp³-hybridized carbons (Fsp3) is 0.333. The van der Waals surface area contributed by atoms with Crippen molar-refractivity contribution in [2.75, 3.05) is 13.7 Å². The lowest BCUT2D eigenvalue weighted by Gasteiger charge is -2.02. The minimum Gasteiger partial charge on any atom is -0.506 e. The first-order valence-electron chi connectivity index (χ1n) is 5.29. The van der Waals surface area contributed by atoms with Crippen LogP contribution >= 0.6 is 31.9 Å². The first-order valence-corrected chi connectivity index (χ1v) is 6.88. The second-order valence-corrected chi connectivity index (χ2v) is 5.31. The van der Waals surface area contributed by atoms with Crippen LogP contribution in [0, 0.1) is 0 Å². The third kappa shape index (κ3) is 4.78. The molecule has 0 amide bonds. The summed E-state index contributed by atoms with van der Waals surface area (Å²) in [5, 5.41) is 9.77. The summed E-state index contributed by atoms with van der Waals surface area (Å²) < 4.78 is 5.98. The maximum atomic E-state index is 10.9. The fourth-order valence-electron chi connectivity index (χ4n) is 1.26. The first-order chi connectivity index (χ1) is 8.54. The van der Waals surface area contributed by atoms with E-state index in [9.17, 15) is 9.90 Å². The number of benzene rings is 1. The lowest BCUT2D eigenvalue weighted by molar-refractivity contribution is -0.140. The second-order valence-electron chi connectivity index (χ2n) is 3.54. The topological polar surface area (TPSA) is 58.9 Å². The van der Waals surface area contributed by atoms with E-state index in [1.54, 1.807) is 18.3 Å². The SMILES string of the molecule is COC(=O)CCCN=Cc1cc(Br)cc(Br)c1O. The van der Waals surface area contributed by atoms with Crippen molar-refractivity contribution in [3.63, 3.8) is 0 Å². The highest BCUT2D eigenvalue weighted by Gasteiger charge is 2.05. The zero-order chi connectivity index (χ0) is 13.5. The van der Waals surface area contributed by atoms with Gasteiger partial charge >= 0.3 is 5.97 Å². The molecular weight excluding hydrogens is 366 g/mol. The summed E-state index contributed by atoms with van der Waals surface area (Å²) in [5.74, 6) is -0.0897. The number of hydrogen-bond donors (Lipinski definition) is 1. The second kappa shape index (κ2) is 7.53. The minimum absolute atomic E-state index is 0.148. The Morgan fingerprint density at radius 3 is 2.89 bits per heavy atom. The first kappa shape index (κ1) is 15.2. The number of halogens is 2. The molecule has 0 fully saturated rings. The van der Waals surface area contributed by atoms with Gasteiger partial charge in [0.05, 0.1) is 11.6 Å².